The van der Waals surface area contributed by atoms with Crippen LogP contribution in [0.15, 0.2) is 30.3 Å². The third kappa shape index (κ3) is 2.63. The van der Waals surface area contributed by atoms with Crippen LogP contribution in [0.25, 0.3) is 10.9 Å². The van der Waals surface area contributed by atoms with Gasteiger partial charge in [0.05, 0.1) is 11.6 Å². The maximum absolute atomic E-state index is 5.76. The molecule has 1 aromatic heterocycles. The topological polar surface area (TPSA) is 60.2 Å². The smallest absolute Gasteiger partial charge is 0.126 e. The third-order valence-electron chi connectivity index (χ3n) is 3.79. The number of hydrogen-bond donors (Lipinski definition) is 2. The van der Waals surface area contributed by atoms with Crippen LogP contribution in [-0.2, 0) is 4.74 Å². The third-order valence-corrected chi connectivity index (χ3v) is 3.79. The summed E-state index contributed by atoms with van der Waals surface area (Å²) in [5.74, 6) is 1.49. The van der Waals surface area contributed by atoms with Crippen LogP contribution in [0.4, 0.5) is 11.5 Å². The van der Waals surface area contributed by atoms with Crippen molar-refractivity contribution in [1.82, 2.24) is 4.98 Å². The summed E-state index contributed by atoms with van der Waals surface area (Å²) >= 11 is 0. The van der Waals surface area contributed by atoms with Crippen molar-refractivity contribution in [3.8, 4) is 0 Å². The summed E-state index contributed by atoms with van der Waals surface area (Å²) in [7, 11) is 0. The standard InChI is InChI=1S/C15H19N3O/c1-10-12(6-7-19-10)9-17-15-5-2-11-8-13(16)3-4-14(11)18-15/h2-5,8,10,12H,6-7,9,16H2,1H3,(H,17,18). The molecule has 19 heavy (non-hydrogen) atoms. The van der Waals surface area contributed by atoms with Crippen LogP contribution in [0.1, 0.15) is 13.3 Å². The molecule has 2 atom stereocenters. The largest absolute Gasteiger partial charge is 0.399 e. The van der Waals surface area contributed by atoms with Gasteiger partial charge in [-0.1, -0.05) is 0 Å². The summed E-state index contributed by atoms with van der Waals surface area (Å²) in [6.07, 6.45) is 1.46. The molecule has 1 fully saturated rings. The zero-order valence-corrected chi connectivity index (χ0v) is 11.1. The molecule has 3 N–H and O–H groups in total. The van der Waals surface area contributed by atoms with E-state index in [1.807, 2.05) is 24.3 Å². The molecule has 2 unspecified atom stereocenters. The molecule has 1 aromatic carbocycles. The number of rotatable bonds is 3. The second-order valence-corrected chi connectivity index (χ2v) is 5.15. The van der Waals surface area contributed by atoms with Gasteiger partial charge in [-0.05, 0) is 43.7 Å². The van der Waals surface area contributed by atoms with E-state index in [1.54, 1.807) is 0 Å². The number of pyridine rings is 1. The number of ether oxygens (including phenoxy) is 1. The Hall–Kier alpha value is -1.81. The lowest BCUT2D eigenvalue weighted by Gasteiger charge is -2.15. The van der Waals surface area contributed by atoms with E-state index in [9.17, 15) is 0 Å². The highest BCUT2D eigenvalue weighted by Crippen LogP contribution is 2.22. The van der Waals surface area contributed by atoms with Gasteiger partial charge in [0.15, 0.2) is 0 Å². The molecule has 0 saturated carbocycles. The Morgan fingerprint density at radius 2 is 2.26 bits per heavy atom. The Morgan fingerprint density at radius 3 is 3.05 bits per heavy atom. The van der Waals surface area contributed by atoms with Gasteiger partial charge in [0.2, 0.25) is 0 Å². The van der Waals surface area contributed by atoms with Crippen molar-refractivity contribution in [1.29, 1.82) is 0 Å². The van der Waals surface area contributed by atoms with Gasteiger partial charge < -0.3 is 15.8 Å². The van der Waals surface area contributed by atoms with Crippen LogP contribution in [0.2, 0.25) is 0 Å². The molecule has 0 bridgehead atoms. The lowest BCUT2D eigenvalue weighted by Crippen LogP contribution is -2.21. The molecule has 2 heterocycles. The van der Waals surface area contributed by atoms with Gasteiger partial charge in [0.25, 0.3) is 0 Å². The molecule has 0 radical (unpaired) electrons. The van der Waals surface area contributed by atoms with Gasteiger partial charge in [-0.15, -0.1) is 0 Å². The molecule has 1 saturated heterocycles. The number of nitrogens with two attached hydrogens (primary N) is 1. The lowest BCUT2D eigenvalue weighted by molar-refractivity contribution is 0.108. The van der Waals surface area contributed by atoms with Gasteiger partial charge in [-0.25, -0.2) is 4.98 Å². The highest BCUT2D eigenvalue weighted by Gasteiger charge is 2.23. The van der Waals surface area contributed by atoms with E-state index in [0.717, 1.165) is 42.0 Å². The monoisotopic (exact) mass is 257 g/mol. The number of fused-ring (bicyclic) bond motifs is 1. The number of nitrogen functional groups attached to an aromatic ring is 1. The Labute approximate surface area is 113 Å². The number of nitrogens with zero attached hydrogens (tertiary/aromatic N) is 1. The fourth-order valence-electron chi connectivity index (χ4n) is 2.52. The van der Waals surface area contributed by atoms with E-state index in [-0.39, 0.29) is 0 Å². The Morgan fingerprint density at radius 1 is 1.37 bits per heavy atom. The molecule has 0 spiro atoms. The van der Waals surface area contributed by atoms with Gasteiger partial charge in [-0.2, -0.15) is 0 Å². The fraction of sp³-hybridized carbons (Fsp3) is 0.400. The number of benzene rings is 1. The van der Waals surface area contributed by atoms with Crippen LogP contribution in [0.5, 0.6) is 0 Å². The number of aromatic nitrogens is 1. The van der Waals surface area contributed by atoms with Crippen molar-refractivity contribution in [2.24, 2.45) is 5.92 Å². The maximum Gasteiger partial charge on any atom is 0.126 e. The highest BCUT2D eigenvalue weighted by molar-refractivity contribution is 5.83. The second-order valence-electron chi connectivity index (χ2n) is 5.15. The summed E-state index contributed by atoms with van der Waals surface area (Å²) in [5, 5.41) is 4.47. The summed E-state index contributed by atoms with van der Waals surface area (Å²) < 4.78 is 5.56. The van der Waals surface area contributed by atoms with E-state index in [0.29, 0.717) is 12.0 Å². The van der Waals surface area contributed by atoms with Crippen LogP contribution in [0.3, 0.4) is 0 Å². The Kier molecular flexibility index (Phi) is 3.25. The maximum atomic E-state index is 5.76. The van der Waals surface area contributed by atoms with Gasteiger partial charge in [0, 0.05) is 30.1 Å². The molecule has 1 aliphatic heterocycles. The first-order valence-electron chi connectivity index (χ1n) is 6.74. The van der Waals surface area contributed by atoms with E-state index >= 15 is 0 Å². The number of anilines is 2. The van der Waals surface area contributed by atoms with Crippen molar-refractivity contribution < 1.29 is 4.74 Å². The minimum Gasteiger partial charge on any atom is -0.399 e. The first kappa shape index (κ1) is 12.2. The minimum atomic E-state index is 0.341. The lowest BCUT2D eigenvalue weighted by atomic mass is 10.0. The SMILES string of the molecule is CC1OCCC1CNc1ccc2cc(N)ccc2n1. The highest BCUT2D eigenvalue weighted by atomic mass is 16.5. The van der Waals surface area contributed by atoms with Crippen molar-refractivity contribution in [3.63, 3.8) is 0 Å². The van der Waals surface area contributed by atoms with Crippen molar-refractivity contribution in [3.05, 3.63) is 30.3 Å². The summed E-state index contributed by atoms with van der Waals surface area (Å²) in [4.78, 5) is 4.59. The first-order chi connectivity index (χ1) is 9.22. The fourth-order valence-corrected chi connectivity index (χ4v) is 2.52. The molecule has 4 nitrogen and oxygen atoms in total. The van der Waals surface area contributed by atoms with Crippen molar-refractivity contribution in [2.75, 3.05) is 24.2 Å². The van der Waals surface area contributed by atoms with Crippen LogP contribution in [-0.4, -0.2) is 24.2 Å². The van der Waals surface area contributed by atoms with Crippen molar-refractivity contribution in [2.45, 2.75) is 19.4 Å². The van der Waals surface area contributed by atoms with E-state index < -0.39 is 0 Å². The quantitative estimate of drug-likeness (QED) is 0.830. The molecule has 3 rings (SSSR count). The van der Waals surface area contributed by atoms with Gasteiger partial charge >= 0.3 is 0 Å². The predicted octanol–water partition coefficient (Wildman–Crippen LogP) is 2.65. The number of hydrogen-bond acceptors (Lipinski definition) is 4. The van der Waals surface area contributed by atoms with Crippen LogP contribution >= 0.6 is 0 Å². The molecule has 4 heteroatoms. The average molecular weight is 257 g/mol. The average Bonchev–Trinajstić information content (AvgIpc) is 2.82. The molecule has 100 valence electrons. The molecule has 2 aromatic rings. The van der Waals surface area contributed by atoms with E-state index in [1.165, 1.54) is 0 Å². The molecular weight excluding hydrogens is 238 g/mol. The van der Waals surface area contributed by atoms with E-state index in [4.69, 9.17) is 10.5 Å². The molecule has 0 aliphatic carbocycles. The first-order valence-corrected chi connectivity index (χ1v) is 6.74. The summed E-state index contributed by atoms with van der Waals surface area (Å²) in [6.45, 7) is 3.92. The zero-order chi connectivity index (χ0) is 13.2. The zero-order valence-electron chi connectivity index (χ0n) is 11.1. The summed E-state index contributed by atoms with van der Waals surface area (Å²) in [6, 6.07) is 9.83. The Balaban J connectivity index is 1.72. The minimum absolute atomic E-state index is 0.341. The van der Waals surface area contributed by atoms with Crippen LogP contribution in [0, 0.1) is 5.92 Å². The predicted molar refractivity (Wildman–Crippen MR) is 78.2 cm³/mol. The number of nitrogens with one attached hydrogen (secondary N) is 1. The van der Waals surface area contributed by atoms with Gasteiger partial charge in [0.1, 0.15) is 5.82 Å². The van der Waals surface area contributed by atoms with Crippen LogP contribution < -0.4 is 11.1 Å². The molecule has 1 aliphatic rings. The molecular formula is C15H19N3O. The normalized spacial score (nSPS) is 22.8. The molecule has 0 amide bonds. The summed E-state index contributed by atoms with van der Waals surface area (Å²) in [5.41, 5.74) is 7.50. The van der Waals surface area contributed by atoms with Gasteiger partial charge in [-0.3, -0.25) is 0 Å². The van der Waals surface area contributed by atoms with Crippen molar-refractivity contribution >= 4 is 22.4 Å². The Bertz CT molecular complexity index is 585. The van der Waals surface area contributed by atoms with E-state index in [2.05, 4.69) is 23.3 Å². The second kappa shape index (κ2) is 5.05.